The molecule has 0 radical (unpaired) electrons. The smallest absolute Gasteiger partial charge is 0.281 e. The molecule has 3 aliphatic rings. The van der Waals surface area contributed by atoms with Crippen LogP contribution < -0.4 is 0 Å². The molecule has 7 heteroatoms. The molecule has 3 saturated heterocycles. The largest absolute Gasteiger partial charge is 0.294 e. The Labute approximate surface area is 137 Å². The van der Waals surface area contributed by atoms with Gasteiger partial charge in [-0.3, -0.25) is 4.90 Å². The lowest BCUT2D eigenvalue weighted by molar-refractivity contribution is 0.126. The third-order valence-corrected chi connectivity index (χ3v) is 7.78. The van der Waals surface area contributed by atoms with Gasteiger partial charge in [0.1, 0.15) is 0 Å². The van der Waals surface area contributed by atoms with Gasteiger partial charge < -0.3 is 0 Å². The SMILES string of the molecule is Cc1ccsc1CN1C[C@@H]2CC[C@H]1CN(S(=O)(=O)N(C)C)C2. The first-order valence-corrected chi connectivity index (χ1v) is 10.1. The van der Waals surface area contributed by atoms with Crippen LogP contribution in [0.5, 0.6) is 0 Å². The average Bonchev–Trinajstić information content (AvgIpc) is 2.68. The second-order valence-corrected chi connectivity index (χ2v) is 9.80. The van der Waals surface area contributed by atoms with Gasteiger partial charge in [0, 0.05) is 51.2 Å². The molecule has 0 N–H and O–H groups in total. The Kier molecular flexibility index (Phi) is 4.62. The zero-order valence-electron chi connectivity index (χ0n) is 13.5. The number of rotatable bonds is 4. The molecule has 0 aromatic carbocycles. The van der Waals surface area contributed by atoms with Crippen molar-refractivity contribution in [1.82, 2.24) is 13.5 Å². The highest BCUT2D eigenvalue weighted by Crippen LogP contribution is 2.32. The maximum atomic E-state index is 12.5. The minimum absolute atomic E-state index is 0.343. The van der Waals surface area contributed by atoms with Crippen LogP contribution in [0.25, 0.3) is 0 Å². The molecule has 2 atom stereocenters. The first-order chi connectivity index (χ1) is 10.4. The highest BCUT2D eigenvalue weighted by atomic mass is 32.2. The summed E-state index contributed by atoms with van der Waals surface area (Å²) in [6, 6.07) is 2.51. The van der Waals surface area contributed by atoms with Crippen LogP contribution in [-0.2, 0) is 16.8 Å². The number of hydrogen-bond acceptors (Lipinski definition) is 4. The second kappa shape index (κ2) is 6.20. The molecule has 0 saturated carbocycles. The maximum Gasteiger partial charge on any atom is 0.281 e. The summed E-state index contributed by atoms with van der Waals surface area (Å²) in [5.41, 5.74) is 1.35. The zero-order chi connectivity index (χ0) is 15.9. The van der Waals surface area contributed by atoms with Crippen molar-refractivity contribution in [3.8, 4) is 0 Å². The molecule has 4 rings (SSSR count). The minimum Gasteiger partial charge on any atom is -0.294 e. The fraction of sp³-hybridized carbons (Fsp3) is 0.733. The van der Waals surface area contributed by atoms with Crippen LogP contribution in [0.2, 0.25) is 0 Å². The van der Waals surface area contributed by atoms with E-state index < -0.39 is 10.2 Å². The van der Waals surface area contributed by atoms with Crippen molar-refractivity contribution in [3.05, 3.63) is 21.9 Å². The van der Waals surface area contributed by atoms with Gasteiger partial charge in [-0.15, -0.1) is 11.3 Å². The summed E-state index contributed by atoms with van der Waals surface area (Å²) >= 11 is 1.81. The van der Waals surface area contributed by atoms with Crippen molar-refractivity contribution in [2.75, 3.05) is 33.7 Å². The van der Waals surface area contributed by atoms with Gasteiger partial charge in [0.2, 0.25) is 0 Å². The maximum absolute atomic E-state index is 12.5. The van der Waals surface area contributed by atoms with E-state index in [9.17, 15) is 8.42 Å². The second-order valence-electron chi connectivity index (χ2n) is 6.66. The molecule has 0 aliphatic carbocycles. The van der Waals surface area contributed by atoms with E-state index in [2.05, 4.69) is 23.3 Å². The van der Waals surface area contributed by atoms with Gasteiger partial charge in [-0.2, -0.15) is 17.0 Å². The van der Waals surface area contributed by atoms with Crippen LogP contribution in [0.4, 0.5) is 0 Å². The minimum atomic E-state index is -3.30. The van der Waals surface area contributed by atoms with Crippen molar-refractivity contribution in [1.29, 1.82) is 0 Å². The highest BCUT2D eigenvalue weighted by molar-refractivity contribution is 7.86. The Morgan fingerprint density at radius 1 is 1.27 bits per heavy atom. The Hall–Kier alpha value is -0.470. The molecule has 0 unspecified atom stereocenters. The topological polar surface area (TPSA) is 43.9 Å². The molecule has 0 spiro atoms. The molecule has 1 aromatic heterocycles. The summed E-state index contributed by atoms with van der Waals surface area (Å²) < 4.78 is 28.0. The molecule has 2 bridgehead atoms. The summed E-state index contributed by atoms with van der Waals surface area (Å²) in [7, 11) is -0.0602. The van der Waals surface area contributed by atoms with E-state index in [0.29, 0.717) is 25.0 Å². The third-order valence-electron chi connectivity index (χ3n) is 4.90. The summed E-state index contributed by atoms with van der Waals surface area (Å²) in [4.78, 5) is 3.91. The molecule has 4 heterocycles. The Bertz CT molecular complexity index is 626. The highest BCUT2D eigenvalue weighted by Gasteiger charge is 2.39. The van der Waals surface area contributed by atoms with Crippen molar-refractivity contribution < 1.29 is 8.42 Å². The molecule has 0 amide bonds. The van der Waals surface area contributed by atoms with Gasteiger partial charge in [0.15, 0.2) is 0 Å². The summed E-state index contributed by atoms with van der Waals surface area (Å²) in [5.74, 6) is 0.453. The normalized spacial score (nSPS) is 27.5. The van der Waals surface area contributed by atoms with E-state index in [1.165, 1.54) is 14.7 Å². The van der Waals surface area contributed by atoms with Gasteiger partial charge in [-0.25, -0.2) is 0 Å². The standard InChI is InChI=1S/C15H25N3O2S2/c1-12-6-7-21-15(12)11-17-8-13-4-5-14(17)10-18(9-13)22(19,20)16(2)3/h6-7,13-14H,4-5,8-11H2,1-3H3/t13-,14-/m0/s1. The summed E-state index contributed by atoms with van der Waals surface area (Å²) in [6.45, 7) is 5.42. The van der Waals surface area contributed by atoms with Crippen LogP contribution >= 0.6 is 11.3 Å². The van der Waals surface area contributed by atoms with Crippen molar-refractivity contribution >= 4 is 21.5 Å². The van der Waals surface area contributed by atoms with Gasteiger partial charge >= 0.3 is 0 Å². The molecular formula is C15H25N3O2S2. The molecular weight excluding hydrogens is 318 g/mol. The van der Waals surface area contributed by atoms with Crippen LogP contribution in [-0.4, -0.2) is 61.7 Å². The molecule has 124 valence electrons. The fourth-order valence-corrected chi connectivity index (χ4v) is 5.65. The van der Waals surface area contributed by atoms with Gasteiger partial charge in [0.05, 0.1) is 0 Å². The van der Waals surface area contributed by atoms with E-state index in [0.717, 1.165) is 25.9 Å². The molecule has 1 aromatic rings. The average molecular weight is 344 g/mol. The van der Waals surface area contributed by atoms with E-state index >= 15 is 0 Å². The number of aryl methyl sites for hydroxylation is 1. The molecule has 22 heavy (non-hydrogen) atoms. The van der Waals surface area contributed by atoms with Crippen molar-refractivity contribution in [2.45, 2.75) is 32.4 Å². The number of thiophene rings is 1. The monoisotopic (exact) mass is 343 g/mol. The summed E-state index contributed by atoms with van der Waals surface area (Å²) in [6.07, 6.45) is 2.25. The summed E-state index contributed by atoms with van der Waals surface area (Å²) in [5, 5.41) is 2.14. The van der Waals surface area contributed by atoms with Crippen molar-refractivity contribution in [2.24, 2.45) is 5.92 Å². The Balaban J connectivity index is 1.78. The zero-order valence-corrected chi connectivity index (χ0v) is 15.2. The lowest BCUT2D eigenvalue weighted by atomic mass is 9.95. The van der Waals surface area contributed by atoms with Crippen LogP contribution in [0.3, 0.4) is 0 Å². The van der Waals surface area contributed by atoms with Gasteiger partial charge in [-0.1, -0.05) is 0 Å². The van der Waals surface area contributed by atoms with Crippen molar-refractivity contribution in [3.63, 3.8) is 0 Å². The first-order valence-electron chi connectivity index (χ1n) is 7.82. The fourth-order valence-electron chi connectivity index (χ4n) is 3.50. The van der Waals surface area contributed by atoms with Crippen LogP contribution in [0, 0.1) is 12.8 Å². The molecule has 3 fully saturated rings. The lowest BCUT2D eigenvalue weighted by Crippen LogP contribution is -2.45. The third kappa shape index (κ3) is 3.10. The van der Waals surface area contributed by atoms with E-state index in [-0.39, 0.29) is 0 Å². The van der Waals surface area contributed by atoms with E-state index in [1.54, 1.807) is 29.7 Å². The number of fused-ring (bicyclic) bond motifs is 4. The number of piperidine rings is 1. The van der Waals surface area contributed by atoms with Gasteiger partial charge in [0.25, 0.3) is 10.2 Å². The molecule has 3 aliphatic heterocycles. The Morgan fingerprint density at radius 3 is 2.68 bits per heavy atom. The van der Waals surface area contributed by atoms with E-state index in [4.69, 9.17) is 0 Å². The predicted molar refractivity (Wildman–Crippen MR) is 90.2 cm³/mol. The first kappa shape index (κ1) is 16.4. The molecule has 5 nitrogen and oxygen atoms in total. The van der Waals surface area contributed by atoms with Crippen LogP contribution in [0.1, 0.15) is 23.3 Å². The van der Waals surface area contributed by atoms with Gasteiger partial charge in [-0.05, 0) is 42.7 Å². The predicted octanol–water partition coefficient (Wildman–Crippen LogP) is 1.76. The van der Waals surface area contributed by atoms with Crippen LogP contribution in [0.15, 0.2) is 11.4 Å². The number of hydrogen-bond donors (Lipinski definition) is 0. The lowest BCUT2D eigenvalue weighted by Gasteiger charge is -2.36. The van der Waals surface area contributed by atoms with E-state index in [1.807, 2.05) is 0 Å². The Morgan fingerprint density at radius 2 is 2.05 bits per heavy atom. The quantitative estimate of drug-likeness (QED) is 0.837. The number of nitrogens with zero attached hydrogens (tertiary/aromatic N) is 3.